The molecule has 0 aliphatic rings. The fraction of sp³-hybridized carbons (Fsp3) is 1.00. The van der Waals surface area contributed by atoms with Gasteiger partial charge in [-0.3, -0.25) is 5.32 Å². The number of aliphatic hydroxyl groups is 1. The van der Waals surface area contributed by atoms with Gasteiger partial charge in [-0.1, -0.05) is 34.8 Å². The molecule has 0 aliphatic carbocycles. The highest BCUT2D eigenvalue weighted by Crippen LogP contribution is 2.29. The minimum atomic E-state index is -1.67. The van der Waals surface area contributed by atoms with Gasteiger partial charge in [-0.05, 0) is 20.8 Å². The quantitative estimate of drug-likeness (QED) is 0.524. The molecule has 68 valence electrons. The third-order valence-corrected chi connectivity index (χ3v) is 1.50. The number of halogens is 3. The second kappa shape index (κ2) is 3.67. The number of aliphatic hydroxyl groups excluding tert-OH is 1. The van der Waals surface area contributed by atoms with E-state index < -0.39 is 10.0 Å². The van der Waals surface area contributed by atoms with Crippen LogP contribution in [0.5, 0.6) is 0 Å². The topological polar surface area (TPSA) is 32.3 Å². The van der Waals surface area contributed by atoms with Gasteiger partial charge in [0, 0.05) is 5.54 Å². The summed E-state index contributed by atoms with van der Waals surface area (Å²) >= 11 is 16.2. The van der Waals surface area contributed by atoms with Crippen LogP contribution in [0.1, 0.15) is 20.8 Å². The number of rotatable bonds is 1. The maximum Gasteiger partial charge on any atom is 0.229 e. The lowest BCUT2D eigenvalue weighted by molar-refractivity contribution is 0.109. The van der Waals surface area contributed by atoms with Crippen molar-refractivity contribution >= 4 is 34.8 Å². The fourth-order valence-corrected chi connectivity index (χ4v) is 0.656. The van der Waals surface area contributed by atoms with E-state index in [1.54, 1.807) is 0 Å². The van der Waals surface area contributed by atoms with E-state index in [0.29, 0.717) is 0 Å². The molecule has 11 heavy (non-hydrogen) atoms. The summed E-state index contributed by atoms with van der Waals surface area (Å²) in [5.74, 6) is 0. The summed E-state index contributed by atoms with van der Waals surface area (Å²) in [4.78, 5) is 0. The van der Waals surface area contributed by atoms with E-state index in [9.17, 15) is 5.11 Å². The van der Waals surface area contributed by atoms with Gasteiger partial charge in [-0.2, -0.15) is 0 Å². The van der Waals surface area contributed by atoms with Crippen LogP contribution in [0.3, 0.4) is 0 Å². The molecule has 2 N–H and O–H groups in total. The molecule has 0 aromatic heterocycles. The molecule has 0 rings (SSSR count). The molecular formula is C6H12Cl3NO. The van der Waals surface area contributed by atoms with E-state index in [1.807, 2.05) is 20.8 Å². The number of hydrogen-bond acceptors (Lipinski definition) is 2. The molecular weight excluding hydrogens is 208 g/mol. The first-order valence-electron chi connectivity index (χ1n) is 3.15. The summed E-state index contributed by atoms with van der Waals surface area (Å²) in [6, 6.07) is 0. The molecule has 0 heterocycles. The maximum atomic E-state index is 9.21. The molecule has 2 nitrogen and oxygen atoms in total. The van der Waals surface area contributed by atoms with Crippen LogP contribution >= 0.6 is 34.8 Å². The van der Waals surface area contributed by atoms with Gasteiger partial charge in [0.1, 0.15) is 0 Å². The lowest BCUT2D eigenvalue weighted by Crippen LogP contribution is -2.49. The number of hydrogen-bond donors (Lipinski definition) is 2. The van der Waals surface area contributed by atoms with Gasteiger partial charge in [0.25, 0.3) is 0 Å². The molecule has 1 unspecified atom stereocenters. The minimum Gasteiger partial charge on any atom is -0.374 e. The normalized spacial score (nSPS) is 16.6. The Kier molecular flexibility index (Phi) is 3.93. The molecule has 0 aliphatic heterocycles. The predicted molar refractivity (Wildman–Crippen MR) is 49.2 cm³/mol. The largest absolute Gasteiger partial charge is 0.374 e. The molecule has 0 aromatic carbocycles. The Bertz CT molecular complexity index is 127. The Morgan fingerprint density at radius 2 is 1.55 bits per heavy atom. The van der Waals surface area contributed by atoms with Gasteiger partial charge < -0.3 is 5.11 Å². The summed E-state index contributed by atoms with van der Waals surface area (Å²) in [6.07, 6.45) is -1.15. The molecule has 0 amide bonds. The van der Waals surface area contributed by atoms with Crippen LogP contribution in [0.15, 0.2) is 0 Å². The van der Waals surface area contributed by atoms with Crippen LogP contribution in [0.25, 0.3) is 0 Å². The molecule has 0 fully saturated rings. The second-order valence-corrected chi connectivity index (χ2v) is 5.71. The highest BCUT2D eigenvalue weighted by atomic mass is 35.6. The van der Waals surface area contributed by atoms with E-state index in [4.69, 9.17) is 34.8 Å². The third kappa shape index (κ3) is 6.00. The van der Waals surface area contributed by atoms with Crippen molar-refractivity contribution < 1.29 is 5.11 Å². The van der Waals surface area contributed by atoms with E-state index in [-0.39, 0.29) is 5.54 Å². The van der Waals surface area contributed by atoms with Crippen molar-refractivity contribution in [3.8, 4) is 0 Å². The van der Waals surface area contributed by atoms with Gasteiger partial charge in [0.2, 0.25) is 3.79 Å². The highest BCUT2D eigenvalue weighted by molar-refractivity contribution is 6.68. The van der Waals surface area contributed by atoms with E-state index in [1.165, 1.54) is 0 Å². The van der Waals surface area contributed by atoms with Crippen molar-refractivity contribution in [3.05, 3.63) is 0 Å². The van der Waals surface area contributed by atoms with Crippen molar-refractivity contribution in [2.75, 3.05) is 0 Å². The van der Waals surface area contributed by atoms with E-state index in [0.717, 1.165) is 0 Å². The summed E-state index contributed by atoms with van der Waals surface area (Å²) in [5, 5.41) is 11.9. The Hall–Kier alpha value is 0.790. The smallest absolute Gasteiger partial charge is 0.229 e. The van der Waals surface area contributed by atoms with Gasteiger partial charge in [-0.15, -0.1) is 0 Å². The monoisotopic (exact) mass is 219 g/mol. The average molecular weight is 221 g/mol. The molecule has 0 radical (unpaired) electrons. The van der Waals surface area contributed by atoms with Crippen molar-refractivity contribution in [2.45, 2.75) is 36.3 Å². The van der Waals surface area contributed by atoms with Crippen LogP contribution in [0, 0.1) is 0 Å². The summed E-state index contributed by atoms with van der Waals surface area (Å²) in [7, 11) is 0. The lowest BCUT2D eigenvalue weighted by Gasteiger charge is -2.28. The first kappa shape index (κ1) is 11.8. The lowest BCUT2D eigenvalue weighted by atomic mass is 10.1. The van der Waals surface area contributed by atoms with Crippen molar-refractivity contribution in [1.29, 1.82) is 0 Å². The van der Waals surface area contributed by atoms with Crippen molar-refractivity contribution in [1.82, 2.24) is 5.32 Å². The molecule has 0 spiro atoms. The van der Waals surface area contributed by atoms with Crippen molar-refractivity contribution in [3.63, 3.8) is 0 Å². The molecule has 0 saturated carbocycles. The van der Waals surface area contributed by atoms with Crippen LogP contribution < -0.4 is 5.32 Å². The zero-order valence-electron chi connectivity index (χ0n) is 6.66. The second-order valence-electron chi connectivity index (χ2n) is 3.34. The van der Waals surface area contributed by atoms with Crippen LogP contribution in [0.2, 0.25) is 0 Å². The van der Waals surface area contributed by atoms with Gasteiger partial charge in [0.05, 0.1) is 0 Å². The number of alkyl halides is 3. The number of nitrogens with one attached hydrogen (secondary N) is 1. The molecule has 0 bridgehead atoms. The Labute approximate surface area is 81.8 Å². The molecule has 5 heteroatoms. The summed E-state index contributed by atoms with van der Waals surface area (Å²) in [5.41, 5.74) is -0.274. The molecule has 1 atom stereocenters. The van der Waals surface area contributed by atoms with Gasteiger partial charge >= 0.3 is 0 Å². The minimum absolute atomic E-state index is 0.274. The standard InChI is InChI=1S/C6H12Cl3NO/c1-5(2,3)10-4(11)6(7,8)9/h4,10-11H,1-3H3. The van der Waals surface area contributed by atoms with Crippen molar-refractivity contribution in [2.24, 2.45) is 0 Å². The zero-order valence-corrected chi connectivity index (χ0v) is 8.93. The van der Waals surface area contributed by atoms with Gasteiger partial charge in [0.15, 0.2) is 6.23 Å². The maximum absolute atomic E-state index is 9.21. The highest BCUT2D eigenvalue weighted by Gasteiger charge is 2.33. The predicted octanol–water partition coefficient (Wildman–Crippen LogP) is 2.06. The Morgan fingerprint density at radius 1 is 1.18 bits per heavy atom. The van der Waals surface area contributed by atoms with E-state index in [2.05, 4.69) is 5.32 Å². The van der Waals surface area contributed by atoms with Gasteiger partial charge in [-0.25, -0.2) is 0 Å². The summed E-state index contributed by atoms with van der Waals surface area (Å²) < 4.78 is -1.67. The first-order chi connectivity index (χ1) is 4.63. The fourth-order valence-electron chi connectivity index (χ4n) is 0.492. The first-order valence-corrected chi connectivity index (χ1v) is 4.29. The molecule has 0 aromatic rings. The summed E-state index contributed by atoms with van der Waals surface area (Å²) in [6.45, 7) is 5.60. The van der Waals surface area contributed by atoms with Crippen LogP contribution in [-0.4, -0.2) is 20.7 Å². The Balaban J connectivity index is 3.99. The van der Waals surface area contributed by atoms with Crippen LogP contribution in [0.4, 0.5) is 0 Å². The average Bonchev–Trinajstić information content (AvgIpc) is 1.56. The molecule has 0 saturated heterocycles. The SMILES string of the molecule is CC(C)(C)NC(O)C(Cl)(Cl)Cl. The third-order valence-electron chi connectivity index (χ3n) is 0.880. The van der Waals surface area contributed by atoms with Crippen LogP contribution in [-0.2, 0) is 0 Å². The van der Waals surface area contributed by atoms with E-state index >= 15 is 0 Å². The zero-order chi connectivity index (χ0) is 9.28. The Morgan fingerprint density at radius 3 is 1.64 bits per heavy atom.